The number of aromatic nitrogens is 4. The number of ether oxygens (including phenoxy) is 2. The molecule has 0 aliphatic carbocycles. The Labute approximate surface area is 183 Å². The third-order valence-corrected chi connectivity index (χ3v) is 5.03. The summed E-state index contributed by atoms with van der Waals surface area (Å²) in [6.45, 7) is 9.51. The molecule has 0 amide bonds. The maximum Gasteiger partial charge on any atom is 0.401 e. The number of benzene rings is 1. The first kappa shape index (κ1) is 22.7. The Balaban J connectivity index is 1.87. The number of carbonyl (C=O) groups excluding carboxylic acids is 1. The van der Waals surface area contributed by atoms with Crippen LogP contribution in [0, 0.1) is 0 Å². The Morgan fingerprint density at radius 1 is 1.23 bits per heavy atom. The predicted octanol–water partition coefficient (Wildman–Crippen LogP) is 3.10. The lowest BCUT2D eigenvalue weighted by Gasteiger charge is -2.21. The number of hydrogen-bond donors (Lipinski definition) is 1. The average molecular weight is 427 g/mol. The fourth-order valence-electron chi connectivity index (χ4n) is 3.21. The number of Topliss-reactive ketones (excluding diaryl/α,β-unsaturated/α-hetero) is 1. The zero-order chi connectivity index (χ0) is 22.6. The first-order chi connectivity index (χ1) is 14.7. The van der Waals surface area contributed by atoms with E-state index in [4.69, 9.17) is 15.2 Å². The minimum atomic E-state index is -0.0911. The summed E-state index contributed by atoms with van der Waals surface area (Å²) in [4.78, 5) is 13.1. The smallest absolute Gasteiger partial charge is 0.401 e. The second-order valence-electron chi connectivity index (χ2n) is 8.68. The highest BCUT2D eigenvalue weighted by atomic mass is 16.5. The van der Waals surface area contributed by atoms with Gasteiger partial charge in [-0.1, -0.05) is 54.9 Å². The highest BCUT2D eigenvalue weighted by molar-refractivity contribution is 5.95. The summed E-state index contributed by atoms with van der Waals surface area (Å²) in [6.07, 6.45) is 1.99. The zero-order valence-corrected chi connectivity index (χ0v) is 19.0. The van der Waals surface area contributed by atoms with Gasteiger partial charge in [-0.15, -0.1) is 4.68 Å². The van der Waals surface area contributed by atoms with Crippen LogP contribution in [0.3, 0.4) is 0 Å². The van der Waals surface area contributed by atoms with Gasteiger partial charge in [-0.2, -0.15) is 0 Å². The van der Waals surface area contributed by atoms with Gasteiger partial charge in [0.25, 0.3) is 5.65 Å². The molecule has 1 aromatic carbocycles. The summed E-state index contributed by atoms with van der Waals surface area (Å²) in [5.41, 5.74) is 9.35. The van der Waals surface area contributed by atoms with Gasteiger partial charge in [-0.3, -0.25) is 10.5 Å². The number of fused-ring (bicyclic) bond motifs is 1. The molecule has 0 aliphatic rings. The zero-order valence-electron chi connectivity index (χ0n) is 19.0. The van der Waals surface area contributed by atoms with Gasteiger partial charge in [0.05, 0.1) is 13.2 Å². The lowest BCUT2D eigenvalue weighted by atomic mass is 9.84. The molecule has 2 aromatic heterocycles. The number of nitrogens with two attached hydrogens (primary N) is 1. The molecule has 3 aromatic rings. The summed E-state index contributed by atoms with van der Waals surface area (Å²) < 4.78 is 13.9. The van der Waals surface area contributed by atoms with E-state index in [0.717, 1.165) is 24.0 Å². The van der Waals surface area contributed by atoms with Crippen LogP contribution in [0.1, 0.15) is 62.0 Å². The fourth-order valence-corrected chi connectivity index (χ4v) is 3.21. The normalized spacial score (nSPS) is 11.8. The molecule has 8 nitrogen and oxygen atoms in total. The number of nitrogen functional groups attached to an aromatic ring is 1. The molecule has 0 radical (unpaired) electrons. The van der Waals surface area contributed by atoms with E-state index in [1.165, 1.54) is 9.20 Å². The van der Waals surface area contributed by atoms with Crippen molar-refractivity contribution in [1.82, 2.24) is 14.7 Å². The molecule has 0 bridgehead atoms. The molecule has 0 fully saturated rings. The van der Waals surface area contributed by atoms with Crippen molar-refractivity contribution in [2.24, 2.45) is 0 Å². The van der Waals surface area contributed by atoms with Crippen molar-refractivity contribution in [3.8, 4) is 5.88 Å². The van der Waals surface area contributed by atoms with Crippen molar-refractivity contribution >= 4 is 17.4 Å². The highest BCUT2D eigenvalue weighted by Gasteiger charge is 2.23. The molecule has 0 unspecified atom stereocenters. The summed E-state index contributed by atoms with van der Waals surface area (Å²) in [6, 6.07) is 9.42. The Morgan fingerprint density at radius 3 is 2.68 bits per heavy atom. The van der Waals surface area contributed by atoms with E-state index in [-0.39, 0.29) is 23.7 Å². The van der Waals surface area contributed by atoms with Crippen LogP contribution in [0.5, 0.6) is 5.88 Å². The monoisotopic (exact) mass is 426 g/mol. The fraction of sp³-hybridized carbons (Fsp3) is 0.478. The molecule has 0 atom stereocenters. The van der Waals surface area contributed by atoms with E-state index in [1.54, 1.807) is 19.2 Å². The first-order valence-corrected chi connectivity index (χ1v) is 10.6. The molecule has 2 heterocycles. The maximum absolute atomic E-state index is 13.1. The number of carbonyl (C=O) groups is 1. The second-order valence-corrected chi connectivity index (χ2v) is 8.68. The van der Waals surface area contributed by atoms with E-state index < -0.39 is 0 Å². The summed E-state index contributed by atoms with van der Waals surface area (Å²) in [5, 5.41) is 8.83. The molecule has 8 heteroatoms. The predicted molar refractivity (Wildman–Crippen MR) is 118 cm³/mol. The summed E-state index contributed by atoms with van der Waals surface area (Å²) >= 11 is 0. The van der Waals surface area contributed by atoms with Gasteiger partial charge in [0, 0.05) is 24.8 Å². The van der Waals surface area contributed by atoms with Gasteiger partial charge in [0.1, 0.15) is 0 Å². The molecule has 166 valence electrons. The van der Waals surface area contributed by atoms with E-state index in [1.807, 2.05) is 12.1 Å². The molecule has 0 spiro atoms. The number of nitrogens with zero attached hydrogens (tertiary/aromatic N) is 4. The van der Waals surface area contributed by atoms with E-state index >= 15 is 0 Å². The van der Waals surface area contributed by atoms with Gasteiger partial charge < -0.3 is 9.47 Å². The van der Waals surface area contributed by atoms with E-state index in [9.17, 15) is 4.79 Å². The molecule has 0 saturated heterocycles. The highest BCUT2D eigenvalue weighted by Crippen LogP contribution is 2.25. The number of hydrogen-bond acceptors (Lipinski definition) is 6. The van der Waals surface area contributed by atoms with Crippen molar-refractivity contribution in [1.29, 1.82) is 0 Å². The first-order valence-electron chi connectivity index (χ1n) is 10.6. The van der Waals surface area contributed by atoms with Crippen LogP contribution in [0.25, 0.3) is 5.65 Å². The number of unbranched alkanes of at least 4 members (excludes halogenated alkanes) is 1. The minimum absolute atomic E-state index is 0.0151. The molecular formula is C23H32N5O3+. The van der Waals surface area contributed by atoms with E-state index in [0.29, 0.717) is 30.3 Å². The molecular weight excluding hydrogens is 394 g/mol. The Hall–Kier alpha value is -3.00. The van der Waals surface area contributed by atoms with Crippen LogP contribution in [0.15, 0.2) is 30.3 Å². The lowest BCUT2D eigenvalue weighted by Crippen LogP contribution is -2.42. The van der Waals surface area contributed by atoms with Crippen LogP contribution < -0.4 is 15.2 Å². The quantitative estimate of drug-likeness (QED) is 0.321. The van der Waals surface area contributed by atoms with Gasteiger partial charge >= 0.3 is 5.95 Å². The van der Waals surface area contributed by atoms with Gasteiger partial charge in [-0.05, 0) is 35.1 Å². The molecule has 2 N–H and O–H groups in total. The van der Waals surface area contributed by atoms with Crippen LogP contribution >= 0.6 is 0 Å². The third kappa shape index (κ3) is 5.38. The number of rotatable bonds is 9. The standard InChI is InChI=1S/C23H31N5O3/c1-6-7-10-31-21-9-8-20-25-27(22(24)28(20)26-21)14-19(29)17-11-16(15-30-5)12-18(13-17)23(2,3)4/h8-9,11-13,24H,6-7,10,14-15H2,1-5H3/p+1. The summed E-state index contributed by atoms with van der Waals surface area (Å²) in [7, 11) is 1.64. The number of ketones is 1. The Bertz CT molecular complexity index is 1070. The van der Waals surface area contributed by atoms with Crippen molar-refractivity contribution in [3.05, 3.63) is 47.0 Å². The molecule has 0 aliphatic heterocycles. The van der Waals surface area contributed by atoms with Crippen molar-refractivity contribution in [2.45, 2.75) is 59.1 Å². The van der Waals surface area contributed by atoms with Crippen molar-refractivity contribution in [2.75, 3.05) is 19.5 Å². The Morgan fingerprint density at radius 2 is 2.00 bits per heavy atom. The van der Waals surface area contributed by atoms with Crippen molar-refractivity contribution < 1.29 is 19.0 Å². The lowest BCUT2D eigenvalue weighted by molar-refractivity contribution is -0.723. The topological polar surface area (TPSA) is 95.6 Å². The minimum Gasteiger partial charge on any atom is -0.476 e. The Kier molecular flexibility index (Phi) is 6.90. The molecule has 31 heavy (non-hydrogen) atoms. The number of methoxy groups -OCH3 is 1. The van der Waals surface area contributed by atoms with Gasteiger partial charge in [0.15, 0.2) is 12.3 Å². The summed E-state index contributed by atoms with van der Waals surface area (Å²) in [5.74, 6) is 0.668. The molecule has 0 saturated carbocycles. The van der Waals surface area contributed by atoms with Crippen LogP contribution in [-0.4, -0.2) is 34.2 Å². The van der Waals surface area contributed by atoms with Crippen LogP contribution in [0.4, 0.5) is 5.95 Å². The second kappa shape index (κ2) is 9.43. The van der Waals surface area contributed by atoms with Gasteiger partial charge in [-0.25, -0.2) is 0 Å². The number of anilines is 1. The maximum atomic E-state index is 13.1. The van der Waals surface area contributed by atoms with Crippen LogP contribution in [0.2, 0.25) is 0 Å². The average Bonchev–Trinajstić information content (AvgIpc) is 3.02. The third-order valence-electron chi connectivity index (χ3n) is 5.03. The largest absolute Gasteiger partial charge is 0.476 e. The van der Waals surface area contributed by atoms with E-state index in [2.05, 4.69) is 44.0 Å². The van der Waals surface area contributed by atoms with Gasteiger partial charge in [0.2, 0.25) is 5.88 Å². The van der Waals surface area contributed by atoms with Crippen LogP contribution in [-0.2, 0) is 23.3 Å². The molecule has 3 rings (SSSR count). The van der Waals surface area contributed by atoms with Crippen molar-refractivity contribution in [3.63, 3.8) is 0 Å². The SMILES string of the molecule is CCCCOc1ccc2n[n+](CC(=O)c3cc(COC)cc(C(C)(C)C)c3)c(N)n2n1.